The van der Waals surface area contributed by atoms with E-state index < -0.39 is 0 Å². The third kappa shape index (κ3) is 5.54. The molecule has 1 aromatic rings. The van der Waals surface area contributed by atoms with E-state index in [0.717, 1.165) is 30.9 Å². The van der Waals surface area contributed by atoms with Crippen LogP contribution in [0.25, 0.3) is 0 Å². The van der Waals surface area contributed by atoms with Gasteiger partial charge in [-0.15, -0.1) is 0 Å². The summed E-state index contributed by atoms with van der Waals surface area (Å²) in [7, 11) is 1.61. The smallest absolute Gasteiger partial charge is 0.319 e. The number of methoxy groups -OCH3 is 1. The fourth-order valence-electron chi connectivity index (χ4n) is 1.44. The lowest BCUT2D eigenvalue weighted by Crippen LogP contribution is -2.31. The number of urea groups is 1. The largest absolute Gasteiger partial charge is 0.497 e. The van der Waals surface area contributed by atoms with Gasteiger partial charge < -0.3 is 20.7 Å². The maximum Gasteiger partial charge on any atom is 0.319 e. The molecule has 0 atom stereocenters. The number of amides is 2. The van der Waals surface area contributed by atoms with Crippen molar-refractivity contribution in [2.45, 2.75) is 13.3 Å². The van der Waals surface area contributed by atoms with Gasteiger partial charge in [0.1, 0.15) is 5.75 Å². The molecule has 5 heteroatoms. The zero-order chi connectivity index (χ0) is 13.2. The second kappa shape index (κ2) is 8.36. The van der Waals surface area contributed by atoms with Crippen molar-refractivity contribution >= 4 is 11.7 Å². The molecule has 5 nitrogen and oxygen atoms in total. The van der Waals surface area contributed by atoms with E-state index >= 15 is 0 Å². The molecule has 0 radical (unpaired) electrons. The summed E-state index contributed by atoms with van der Waals surface area (Å²) in [5.41, 5.74) is 0.750. The van der Waals surface area contributed by atoms with Crippen molar-refractivity contribution in [1.82, 2.24) is 10.6 Å². The highest BCUT2D eigenvalue weighted by molar-refractivity contribution is 5.89. The number of ether oxygens (including phenoxy) is 1. The van der Waals surface area contributed by atoms with Crippen LogP contribution in [0.1, 0.15) is 13.3 Å². The highest BCUT2D eigenvalue weighted by Crippen LogP contribution is 2.14. The fourth-order valence-corrected chi connectivity index (χ4v) is 1.44. The molecule has 0 heterocycles. The Bertz CT molecular complexity index is 352. The summed E-state index contributed by atoms with van der Waals surface area (Å²) in [5, 5.41) is 8.75. The van der Waals surface area contributed by atoms with Crippen LogP contribution in [0.15, 0.2) is 24.3 Å². The summed E-state index contributed by atoms with van der Waals surface area (Å²) in [5.74, 6) is 0.770. The molecule has 0 aromatic heterocycles. The van der Waals surface area contributed by atoms with Crippen molar-refractivity contribution in [2.75, 3.05) is 32.1 Å². The zero-order valence-corrected chi connectivity index (χ0v) is 11.0. The van der Waals surface area contributed by atoms with Crippen molar-refractivity contribution in [2.24, 2.45) is 0 Å². The first kappa shape index (κ1) is 14.3. The Balaban J connectivity index is 2.22. The Labute approximate surface area is 108 Å². The maximum atomic E-state index is 11.5. The van der Waals surface area contributed by atoms with Crippen LogP contribution in [0, 0.1) is 0 Å². The summed E-state index contributed by atoms with van der Waals surface area (Å²) in [6.45, 7) is 4.59. The number of hydrogen-bond donors (Lipinski definition) is 3. The van der Waals surface area contributed by atoms with E-state index in [1.54, 1.807) is 31.4 Å². The van der Waals surface area contributed by atoms with E-state index in [9.17, 15) is 4.79 Å². The molecule has 0 unspecified atom stereocenters. The summed E-state index contributed by atoms with van der Waals surface area (Å²) in [4.78, 5) is 11.5. The van der Waals surface area contributed by atoms with Crippen molar-refractivity contribution in [3.63, 3.8) is 0 Å². The molecule has 0 spiro atoms. The van der Waals surface area contributed by atoms with Gasteiger partial charge in [-0.2, -0.15) is 0 Å². The van der Waals surface area contributed by atoms with Crippen LogP contribution in [-0.4, -0.2) is 32.8 Å². The normalized spacial score (nSPS) is 9.89. The molecule has 0 aliphatic rings. The Morgan fingerprint density at radius 2 is 1.94 bits per heavy atom. The second-order valence-electron chi connectivity index (χ2n) is 3.82. The average Bonchev–Trinajstić information content (AvgIpc) is 2.39. The summed E-state index contributed by atoms with van der Waals surface area (Å²) >= 11 is 0. The third-order valence-electron chi connectivity index (χ3n) is 2.41. The quantitative estimate of drug-likeness (QED) is 0.648. The lowest BCUT2D eigenvalue weighted by Gasteiger charge is -2.08. The van der Waals surface area contributed by atoms with Crippen molar-refractivity contribution in [3.8, 4) is 5.75 Å². The second-order valence-corrected chi connectivity index (χ2v) is 3.82. The molecular formula is C13H21N3O2. The van der Waals surface area contributed by atoms with Gasteiger partial charge >= 0.3 is 6.03 Å². The first-order valence-electron chi connectivity index (χ1n) is 6.16. The maximum absolute atomic E-state index is 11.5. The third-order valence-corrected chi connectivity index (χ3v) is 2.41. The van der Waals surface area contributed by atoms with Gasteiger partial charge in [-0.1, -0.05) is 6.92 Å². The first-order chi connectivity index (χ1) is 8.76. The van der Waals surface area contributed by atoms with Crippen LogP contribution in [0.4, 0.5) is 10.5 Å². The van der Waals surface area contributed by atoms with Crippen LogP contribution < -0.4 is 20.7 Å². The number of nitrogens with one attached hydrogen (secondary N) is 3. The molecule has 18 heavy (non-hydrogen) atoms. The zero-order valence-electron chi connectivity index (χ0n) is 11.0. The van der Waals surface area contributed by atoms with E-state index in [-0.39, 0.29) is 6.03 Å². The van der Waals surface area contributed by atoms with Crippen LogP contribution in [-0.2, 0) is 0 Å². The van der Waals surface area contributed by atoms with Gasteiger partial charge in [0.2, 0.25) is 0 Å². The molecule has 0 aliphatic carbocycles. The van der Waals surface area contributed by atoms with Crippen LogP contribution in [0.2, 0.25) is 0 Å². The average molecular weight is 251 g/mol. The topological polar surface area (TPSA) is 62.4 Å². The van der Waals surface area contributed by atoms with Gasteiger partial charge in [-0.25, -0.2) is 4.79 Å². The number of hydrogen-bond acceptors (Lipinski definition) is 3. The van der Waals surface area contributed by atoms with Crippen molar-refractivity contribution in [1.29, 1.82) is 0 Å². The number of carbonyl (C=O) groups is 1. The van der Waals surface area contributed by atoms with Gasteiger partial charge in [0.15, 0.2) is 0 Å². The molecule has 0 saturated carbocycles. The number of rotatable bonds is 7. The van der Waals surface area contributed by atoms with Gasteiger partial charge in [-0.3, -0.25) is 0 Å². The summed E-state index contributed by atoms with van der Waals surface area (Å²) < 4.78 is 5.04. The van der Waals surface area contributed by atoms with E-state index in [2.05, 4.69) is 22.9 Å². The van der Waals surface area contributed by atoms with Gasteiger partial charge in [0, 0.05) is 12.2 Å². The molecule has 0 aliphatic heterocycles. The monoisotopic (exact) mass is 251 g/mol. The molecule has 1 rings (SSSR count). The Morgan fingerprint density at radius 3 is 2.56 bits per heavy atom. The lowest BCUT2D eigenvalue weighted by molar-refractivity contribution is 0.252. The molecule has 3 N–H and O–H groups in total. The Hall–Kier alpha value is -1.75. The Morgan fingerprint density at radius 1 is 1.22 bits per heavy atom. The first-order valence-corrected chi connectivity index (χ1v) is 6.16. The minimum Gasteiger partial charge on any atom is -0.497 e. The van der Waals surface area contributed by atoms with Crippen LogP contribution in [0.3, 0.4) is 0 Å². The minimum absolute atomic E-state index is 0.184. The van der Waals surface area contributed by atoms with Gasteiger partial charge in [0.05, 0.1) is 7.11 Å². The molecule has 0 bridgehead atoms. The molecular weight excluding hydrogens is 230 g/mol. The van der Waals surface area contributed by atoms with Gasteiger partial charge in [0.25, 0.3) is 0 Å². The number of carbonyl (C=O) groups excluding carboxylic acids is 1. The molecule has 1 aromatic carbocycles. The predicted molar refractivity (Wildman–Crippen MR) is 73.2 cm³/mol. The van der Waals surface area contributed by atoms with Crippen molar-refractivity contribution in [3.05, 3.63) is 24.3 Å². The summed E-state index contributed by atoms with van der Waals surface area (Å²) in [6.07, 6.45) is 0.921. The number of anilines is 1. The molecule has 100 valence electrons. The SMILES string of the molecule is CCNCCCNC(=O)Nc1ccc(OC)cc1. The lowest BCUT2D eigenvalue weighted by atomic mass is 10.3. The van der Waals surface area contributed by atoms with E-state index in [1.807, 2.05) is 0 Å². The van der Waals surface area contributed by atoms with E-state index in [4.69, 9.17) is 4.74 Å². The van der Waals surface area contributed by atoms with Gasteiger partial charge in [-0.05, 0) is 43.8 Å². The minimum atomic E-state index is -0.184. The summed E-state index contributed by atoms with van der Waals surface area (Å²) in [6, 6.07) is 7.03. The van der Waals surface area contributed by atoms with Crippen LogP contribution >= 0.6 is 0 Å². The predicted octanol–water partition coefficient (Wildman–Crippen LogP) is 1.82. The molecule has 2 amide bonds. The van der Waals surface area contributed by atoms with E-state index in [1.165, 1.54) is 0 Å². The van der Waals surface area contributed by atoms with Crippen LogP contribution in [0.5, 0.6) is 5.75 Å². The van der Waals surface area contributed by atoms with E-state index in [0.29, 0.717) is 6.54 Å². The standard InChI is InChI=1S/C13H21N3O2/c1-3-14-9-4-10-15-13(17)16-11-5-7-12(18-2)8-6-11/h5-8,14H,3-4,9-10H2,1-2H3,(H2,15,16,17). The van der Waals surface area contributed by atoms with Crippen molar-refractivity contribution < 1.29 is 9.53 Å². The Kier molecular flexibility index (Phi) is 6.64. The fraction of sp³-hybridized carbons (Fsp3) is 0.462. The number of benzene rings is 1. The highest BCUT2D eigenvalue weighted by atomic mass is 16.5. The molecule has 0 saturated heterocycles. The highest BCUT2D eigenvalue weighted by Gasteiger charge is 2.00. The molecule has 0 fully saturated rings.